The van der Waals surface area contributed by atoms with Crippen molar-refractivity contribution in [1.29, 1.82) is 0 Å². The molecule has 1 amide bonds. The van der Waals surface area contributed by atoms with Crippen molar-refractivity contribution in [1.82, 2.24) is 5.43 Å². The summed E-state index contributed by atoms with van der Waals surface area (Å²) >= 11 is 0.988. The molecule has 0 saturated heterocycles. The van der Waals surface area contributed by atoms with Crippen LogP contribution in [0.5, 0.6) is 0 Å². The van der Waals surface area contributed by atoms with Crippen LogP contribution in [0.2, 0.25) is 0 Å². The number of benzene rings is 1. The number of amides is 1. The maximum atomic E-state index is 13.2. The van der Waals surface area contributed by atoms with Crippen molar-refractivity contribution in [2.45, 2.75) is 12.6 Å². The molecule has 7 nitrogen and oxygen atoms in total. The second kappa shape index (κ2) is 8.52. The average molecular weight is 433 g/mol. The summed E-state index contributed by atoms with van der Waals surface area (Å²) in [5, 5.41) is 4.60. The van der Waals surface area contributed by atoms with Gasteiger partial charge in [-0.3, -0.25) is 14.3 Å². The van der Waals surface area contributed by atoms with Crippen LogP contribution in [-0.2, 0) is 10.0 Å². The predicted molar refractivity (Wildman–Crippen MR) is 99.1 cm³/mol. The van der Waals surface area contributed by atoms with E-state index < -0.39 is 40.0 Å². The van der Waals surface area contributed by atoms with E-state index in [-0.39, 0.29) is 16.1 Å². The molecule has 0 aliphatic rings. The molecule has 2 aromatic rings. The van der Waals surface area contributed by atoms with E-state index in [9.17, 15) is 31.2 Å². The zero-order chi connectivity index (χ0) is 20.9. The van der Waals surface area contributed by atoms with Crippen LogP contribution in [0.15, 0.2) is 46.9 Å². The number of rotatable bonds is 7. The molecule has 2 N–H and O–H groups in total. The summed E-state index contributed by atoms with van der Waals surface area (Å²) in [4.78, 5) is 24.3. The number of thiophene rings is 1. The van der Waals surface area contributed by atoms with Gasteiger partial charge >= 0.3 is 6.18 Å². The Morgan fingerprint density at radius 2 is 1.82 bits per heavy atom. The van der Waals surface area contributed by atoms with Crippen LogP contribution in [0.4, 0.5) is 18.9 Å². The van der Waals surface area contributed by atoms with Crippen LogP contribution in [-0.4, -0.2) is 38.3 Å². The first kappa shape index (κ1) is 21.6. The number of alkyl halides is 3. The molecule has 0 aliphatic carbocycles. The number of nitrogens with zero attached hydrogens (tertiary/aromatic N) is 1. The van der Waals surface area contributed by atoms with Crippen LogP contribution in [0.1, 0.15) is 26.5 Å². The summed E-state index contributed by atoms with van der Waals surface area (Å²) in [6.45, 7) is 0. The number of anilines is 1. The summed E-state index contributed by atoms with van der Waals surface area (Å²) < 4.78 is 64.3. The molecular weight excluding hydrogens is 419 g/mol. The lowest BCUT2D eigenvalue weighted by atomic mass is 10.1. The molecule has 0 unspecified atom stereocenters. The first-order valence-electron chi connectivity index (χ1n) is 7.55. The second-order valence-electron chi connectivity index (χ2n) is 5.49. The lowest BCUT2D eigenvalue weighted by Crippen LogP contribution is -2.30. The molecule has 1 aromatic carbocycles. The third kappa shape index (κ3) is 6.16. The number of Topliss-reactive ketones (excluding diaryl/α,β-unsaturated/α-hetero) is 1. The van der Waals surface area contributed by atoms with E-state index >= 15 is 0 Å². The number of halogens is 3. The second-order valence-corrected chi connectivity index (χ2v) is 8.19. The average Bonchev–Trinajstić information content (AvgIpc) is 3.10. The monoisotopic (exact) mass is 433 g/mol. The fourth-order valence-electron chi connectivity index (χ4n) is 2.03. The van der Waals surface area contributed by atoms with Gasteiger partial charge in [0.2, 0.25) is 10.0 Å². The number of para-hydroxylation sites is 1. The van der Waals surface area contributed by atoms with Crippen molar-refractivity contribution < 1.29 is 31.2 Å². The first-order chi connectivity index (χ1) is 13.0. The van der Waals surface area contributed by atoms with Gasteiger partial charge in [-0.2, -0.15) is 18.3 Å². The molecule has 0 saturated carbocycles. The van der Waals surface area contributed by atoms with Gasteiger partial charge in [0.1, 0.15) is 5.71 Å². The molecule has 28 heavy (non-hydrogen) atoms. The van der Waals surface area contributed by atoms with Crippen molar-refractivity contribution in [3.8, 4) is 0 Å². The standard InChI is InChI=1S/C16H14F3N3O4S2/c1-28(25,26)22-11-6-3-2-5-10(11)15(24)21-20-14(16(17,18)19)9-12(23)13-7-4-8-27-13/h2-8,22H,9H2,1H3,(H,21,24)/b20-14+. The van der Waals surface area contributed by atoms with Gasteiger partial charge in [0.05, 0.1) is 28.8 Å². The highest BCUT2D eigenvalue weighted by Gasteiger charge is 2.37. The van der Waals surface area contributed by atoms with E-state index in [0.29, 0.717) is 0 Å². The SMILES string of the molecule is CS(=O)(=O)Nc1ccccc1C(=O)N/N=C(\CC(=O)c1cccs1)C(F)(F)F. The van der Waals surface area contributed by atoms with Crippen molar-refractivity contribution in [2.75, 3.05) is 11.0 Å². The summed E-state index contributed by atoms with van der Waals surface area (Å²) in [5.74, 6) is -1.86. The normalized spacial score (nSPS) is 12.5. The minimum absolute atomic E-state index is 0.124. The maximum Gasteiger partial charge on any atom is 0.431 e. The fourth-order valence-corrected chi connectivity index (χ4v) is 3.27. The van der Waals surface area contributed by atoms with E-state index in [1.807, 2.05) is 0 Å². The van der Waals surface area contributed by atoms with Gasteiger partial charge in [-0.1, -0.05) is 18.2 Å². The molecular formula is C16H14F3N3O4S2. The van der Waals surface area contributed by atoms with E-state index in [1.165, 1.54) is 36.4 Å². The summed E-state index contributed by atoms with van der Waals surface area (Å²) in [7, 11) is -3.72. The van der Waals surface area contributed by atoms with Gasteiger partial charge in [-0.25, -0.2) is 13.8 Å². The topological polar surface area (TPSA) is 105 Å². The molecule has 0 atom stereocenters. The van der Waals surface area contributed by atoms with Gasteiger partial charge in [0, 0.05) is 0 Å². The lowest BCUT2D eigenvalue weighted by Gasteiger charge is -2.11. The third-order valence-corrected chi connectivity index (χ3v) is 4.71. The quantitative estimate of drug-likeness (QED) is 0.398. The zero-order valence-corrected chi connectivity index (χ0v) is 15.9. The van der Waals surface area contributed by atoms with Crippen LogP contribution in [0.3, 0.4) is 0 Å². The van der Waals surface area contributed by atoms with Gasteiger partial charge in [-0.05, 0) is 23.6 Å². The van der Waals surface area contributed by atoms with E-state index in [0.717, 1.165) is 17.6 Å². The molecule has 0 fully saturated rings. The van der Waals surface area contributed by atoms with Crippen molar-refractivity contribution in [3.63, 3.8) is 0 Å². The molecule has 1 heterocycles. The molecule has 0 spiro atoms. The summed E-state index contributed by atoms with van der Waals surface area (Å²) in [6, 6.07) is 8.22. The van der Waals surface area contributed by atoms with Crippen molar-refractivity contribution in [2.24, 2.45) is 5.10 Å². The Balaban J connectivity index is 2.23. The molecule has 0 radical (unpaired) electrons. The zero-order valence-electron chi connectivity index (χ0n) is 14.3. The van der Waals surface area contributed by atoms with Crippen LogP contribution in [0.25, 0.3) is 0 Å². The van der Waals surface area contributed by atoms with E-state index in [1.54, 1.807) is 10.8 Å². The third-order valence-electron chi connectivity index (χ3n) is 3.21. The Bertz CT molecular complexity index is 1000. The number of carbonyl (C=O) groups is 2. The highest BCUT2D eigenvalue weighted by molar-refractivity contribution is 7.92. The Labute approximate surface area is 162 Å². The Morgan fingerprint density at radius 3 is 2.39 bits per heavy atom. The van der Waals surface area contributed by atoms with Crippen LogP contribution >= 0.6 is 11.3 Å². The predicted octanol–water partition coefficient (Wildman–Crippen LogP) is 3.04. The Kier molecular flexibility index (Phi) is 6.56. The molecule has 0 aliphatic heterocycles. The van der Waals surface area contributed by atoms with Gasteiger partial charge < -0.3 is 0 Å². The number of hydrogen-bond donors (Lipinski definition) is 2. The van der Waals surface area contributed by atoms with E-state index in [4.69, 9.17) is 0 Å². The molecule has 2 rings (SSSR count). The number of hydrogen-bond acceptors (Lipinski definition) is 6. The highest BCUT2D eigenvalue weighted by atomic mass is 32.2. The number of ketones is 1. The lowest BCUT2D eigenvalue weighted by molar-refractivity contribution is -0.0605. The van der Waals surface area contributed by atoms with Crippen LogP contribution < -0.4 is 10.1 Å². The van der Waals surface area contributed by atoms with E-state index in [2.05, 4.69) is 9.82 Å². The summed E-state index contributed by atoms with van der Waals surface area (Å²) in [6.07, 6.45) is -5.13. The fraction of sp³-hybridized carbons (Fsp3) is 0.188. The molecule has 0 bridgehead atoms. The number of nitrogens with one attached hydrogen (secondary N) is 2. The Morgan fingerprint density at radius 1 is 1.14 bits per heavy atom. The highest BCUT2D eigenvalue weighted by Crippen LogP contribution is 2.22. The number of carbonyl (C=O) groups excluding carboxylic acids is 2. The van der Waals surface area contributed by atoms with Gasteiger partial charge in [0.25, 0.3) is 5.91 Å². The van der Waals surface area contributed by atoms with Crippen molar-refractivity contribution >= 4 is 44.4 Å². The van der Waals surface area contributed by atoms with Crippen molar-refractivity contribution in [3.05, 3.63) is 52.2 Å². The minimum Gasteiger partial charge on any atom is -0.293 e. The smallest absolute Gasteiger partial charge is 0.293 e. The first-order valence-corrected chi connectivity index (χ1v) is 10.3. The molecule has 12 heteroatoms. The minimum atomic E-state index is -4.94. The van der Waals surface area contributed by atoms with Gasteiger partial charge in [-0.15, -0.1) is 11.3 Å². The van der Waals surface area contributed by atoms with Gasteiger partial charge in [0.15, 0.2) is 5.78 Å². The summed E-state index contributed by atoms with van der Waals surface area (Å²) in [5.41, 5.74) is -0.109. The number of sulfonamides is 1. The number of hydrazone groups is 1. The molecule has 1 aromatic heterocycles. The Hall–Kier alpha value is -2.73. The maximum absolute atomic E-state index is 13.2. The largest absolute Gasteiger partial charge is 0.431 e. The molecule has 150 valence electrons. The van der Waals surface area contributed by atoms with Crippen LogP contribution in [0, 0.1) is 0 Å².